The summed E-state index contributed by atoms with van der Waals surface area (Å²) in [5.41, 5.74) is 6.71. The highest BCUT2D eigenvalue weighted by atomic mass is 32.2. The maximum atomic E-state index is 11.9. The minimum absolute atomic E-state index is 0.0429. The number of benzene rings is 1. The molecule has 1 rings (SSSR count). The highest BCUT2D eigenvalue weighted by Crippen LogP contribution is 2.17. The molecule has 0 bridgehead atoms. The number of nitrogen functional groups attached to an aromatic ring is 1. The number of amides is 1. The zero-order valence-electron chi connectivity index (χ0n) is 9.80. The second kappa shape index (κ2) is 5.51. The number of nitriles is 1. The Morgan fingerprint density at radius 1 is 1.50 bits per heavy atom. The van der Waals surface area contributed by atoms with Crippen molar-refractivity contribution >= 4 is 21.4 Å². The van der Waals surface area contributed by atoms with Gasteiger partial charge in [0.25, 0.3) is 0 Å². The fraction of sp³-hybridized carbons (Fsp3) is 0.273. The van der Waals surface area contributed by atoms with E-state index >= 15 is 0 Å². The summed E-state index contributed by atoms with van der Waals surface area (Å²) >= 11 is 0. The summed E-state index contributed by atoms with van der Waals surface area (Å²) in [5.74, 6) is -1.39. The van der Waals surface area contributed by atoms with Crippen molar-refractivity contribution in [3.63, 3.8) is 0 Å². The molecule has 0 heterocycles. The summed E-state index contributed by atoms with van der Waals surface area (Å²) in [4.78, 5) is 11.3. The molecule has 3 N–H and O–H groups in total. The standard InChI is InChI=1S/C11H13N3O3S/c1-8-6-9(2-3-10(8)13)18(16,17)7-11(15)14-5-4-12/h2-3,6H,5,7,13H2,1H3,(H,14,15). The molecule has 96 valence electrons. The lowest BCUT2D eigenvalue weighted by molar-refractivity contribution is -0.118. The highest BCUT2D eigenvalue weighted by Gasteiger charge is 2.19. The molecule has 0 saturated carbocycles. The Balaban J connectivity index is 2.90. The predicted molar refractivity (Wildman–Crippen MR) is 66.3 cm³/mol. The van der Waals surface area contributed by atoms with Crippen LogP contribution in [0.25, 0.3) is 0 Å². The molecule has 0 unspecified atom stereocenters. The first-order valence-electron chi connectivity index (χ1n) is 5.09. The molecule has 0 fully saturated rings. The zero-order valence-corrected chi connectivity index (χ0v) is 10.6. The molecule has 0 aliphatic rings. The highest BCUT2D eigenvalue weighted by molar-refractivity contribution is 7.92. The van der Waals surface area contributed by atoms with Crippen LogP contribution < -0.4 is 11.1 Å². The van der Waals surface area contributed by atoms with Crippen LogP contribution in [0.3, 0.4) is 0 Å². The minimum Gasteiger partial charge on any atom is -0.399 e. The van der Waals surface area contributed by atoms with Gasteiger partial charge in [-0.05, 0) is 30.7 Å². The summed E-state index contributed by atoms with van der Waals surface area (Å²) in [5, 5.41) is 10.4. The van der Waals surface area contributed by atoms with Gasteiger partial charge in [-0.1, -0.05) is 0 Å². The number of rotatable bonds is 4. The van der Waals surface area contributed by atoms with E-state index in [9.17, 15) is 13.2 Å². The predicted octanol–water partition coefficient (Wildman–Crippen LogP) is -0.00930. The molecule has 1 aromatic carbocycles. The number of nitrogens with one attached hydrogen (secondary N) is 1. The van der Waals surface area contributed by atoms with Gasteiger partial charge in [-0.25, -0.2) is 8.42 Å². The Hall–Kier alpha value is -2.07. The number of nitrogens with two attached hydrogens (primary N) is 1. The first-order valence-corrected chi connectivity index (χ1v) is 6.74. The molecule has 0 atom stereocenters. The molecule has 1 amide bonds. The second-order valence-corrected chi connectivity index (χ2v) is 5.70. The van der Waals surface area contributed by atoms with Crippen LogP contribution in [0.15, 0.2) is 23.1 Å². The minimum atomic E-state index is -3.71. The van der Waals surface area contributed by atoms with Crippen molar-refractivity contribution in [2.45, 2.75) is 11.8 Å². The first kappa shape index (κ1) is 14.0. The smallest absolute Gasteiger partial charge is 0.236 e. The largest absolute Gasteiger partial charge is 0.399 e. The van der Waals surface area contributed by atoms with Crippen molar-refractivity contribution in [3.05, 3.63) is 23.8 Å². The summed E-state index contributed by atoms with van der Waals surface area (Å²) in [6.07, 6.45) is 0. The number of hydrogen-bond donors (Lipinski definition) is 2. The Morgan fingerprint density at radius 2 is 2.17 bits per heavy atom. The van der Waals surface area contributed by atoms with Crippen LogP contribution >= 0.6 is 0 Å². The Bertz CT molecular complexity index is 602. The van der Waals surface area contributed by atoms with E-state index in [2.05, 4.69) is 5.32 Å². The summed E-state index contributed by atoms with van der Waals surface area (Å²) < 4.78 is 23.8. The third-order valence-corrected chi connectivity index (χ3v) is 3.90. The summed E-state index contributed by atoms with van der Waals surface area (Å²) in [7, 11) is -3.71. The number of nitrogens with zero attached hydrogens (tertiary/aromatic N) is 1. The third-order valence-electron chi connectivity index (χ3n) is 2.29. The van der Waals surface area contributed by atoms with E-state index in [0.717, 1.165) is 0 Å². The lowest BCUT2D eigenvalue weighted by Gasteiger charge is -2.06. The molecule has 0 radical (unpaired) electrons. The lowest BCUT2D eigenvalue weighted by Crippen LogP contribution is -2.30. The van der Waals surface area contributed by atoms with E-state index < -0.39 is 21.5 Å². The third kappa shape index (κ3) is 3.46. The van der Waals surface area contributed by atoms with Gasteiger partial charge in [0.2, 0.25) is 5.91 Å². The van der Waals surface area contributed by atoms with E-state index in [1.165, 1.54) is 18.2 Å². The maximum Gasteiger partial charge on any atom is 0.236 e. The van der Waals surface area contributed by atoms with Crippen LogP contribution in [0.5, 0.6) is 0 Å². The van der Waals surface area contributed by atoms with Crippen molar-refractivity contribution in [3.8, 4) is 6.07 Å². The first-order chi connectivity index (χ1) is 8.36. The van der Waals surface area contributed by atoms with Gasteiger partial charge >= 0.3 is 0 Å². The van der Waals surface area contributed by atoms with Crippen LogP contribution in [-0.2, 0) is 14.6 Å². The molecule has 0 spiro atoms. The zero-order chi connectivity index (χ0) is 13.8. The van der Waals surface area contributed by atoms with Gasteiger partial charge in [-0.3, -0.25) is 4.79 Å². The van der Waals surface area contributed by atoms with Crippen LogP contribution in [0.4, 0.5) is 5.69 Å². The van der Waals surface area contributed by atoms with E-state index in [4.69, 9.17) is 11.0 Å². The fourth-order valence-electron chi connectivity index (χ4n) is 1.29. The lowest BCUT2D eigenvalue weighted by atomic mass is 10.2. The monoisotopic (exact) mass is 267 g/mol. The SMILES string of the molecule is Cc1cc(S(=O)(=O)CC(=O)NCC#N)ccc1N. The van der Waals surface area contributed by atoms with Gasteiger partial charge in [0.15, 0.2) is 9.84 Å². The quantitative estimate of drug-likeness (QED) is 0.588. The van der Waals surface area contributed by atoms with Gasteiger partial charge in [-0.15, -0.1) is 0 Å². The van der Waals surface area contributed by atoms with Crippen LogP contribution in [-0.4, -0.2) is 26.6 Å². The average Bonchev–Trinajstić information content (AvgIpc) is 2.29. The van der Waals surface area contributed by atoms with Crippen LogP contribution in [0.2, 0.25) is 0 Å². The van der Waals surface area contributed by atoms with Crippen molar-refractivity contribution in [1.29, 1.82) is 5.26 Å². The van der Waals surface area contributed by atoms with E-state index in [1.807, 2.05) is 0 Å². The van der Waals surface area contributed by atoms with Gasteiger partial charge in [0.05, 0.1) is 11.0 Å². The Kier molecular flexibility index (Phi) is 4.28. The molecule has 18 heavy (non-hydrogen) atoms. The molecule has 0 saturated heterocycles. The van der Waals surface area contributed by atoms with E-state index in [0.29, 0.717) is 11.3 Å². The number of sulfone groups is 1. The van der Waals surface area contributed by atoms with Crippen LogP contribution in [0, 0.1) is 18.3 Å². The topological polar surface area (TPSA) is 113 Å². The normalized spacial score (nSPS) is 10.7. The number of aryl methyl sites for hydroxylation is 1. The number of hydrogen-bond acceptors (Lipinski definition) is 5. The molecular formula is C11H13N3O3S. The van der Waals surface area contributed by atoms with Crippen molar-refractivity contribution in [1.82, 2.24) is 5.32 Å². The Morgan fingerprint density at radius 3 is 2.72 bits per heavy atom. The molecule has 7 heteroatoms. The van der Waals surface area contributed by atoms with Gasteiger partial charge in [-0.2, -0.15) is 5.26 Å². The van der Waals surface area contributed by atoms with E-state index in [-0.39, 0.29) is 11.4 Å². The summed E-state index contributed by atoms with van der Waals surface area (Å²) in [6.45, 7) is 1.47. The number of carbonyl (C=O) groups excluding carboxylic acids is 1. The molecule has 6 nitrogen and oxygen atoms in total. The average molecular weight is 267 g/mol. The maximum absolute atomic E-state index is 11.9. The number of anilines is 1. The molecule has 1 aromatic rings. The van der Waals surface area contributed by atoms with Crippen molar-refractivity contribution < 1.29 is 13.2 Å². The summed E-state index contributed by atoms with van der Waals surface area (Å²) in [6, 6.07) is 5.95. The molecule has 0 aliphatic carbocycles. The van der Waals surface area contributed by atoms with Crippen molar-refractivity contribution in [2.24, 2.45) is 0 Å². The van der Waals surface area contributed by atoms with Gasteiger partial charge in [0, 0.05) is 5.69 Å². The van der Waals surface area contributed by atoms with Gasteiger partial charge < -0.3 is 11.1 Å². The van der Waals surface area contributed by atoms with Crippen molar-refractivity contribution in [2.75, 3.05) is 18.0 Å². The fourth-order valence-corrected chi connectivity index (χ4v) is 2.53. The Labute approximate surface area is 105 Å². The van der Waals surface area contributed by atoms with Gasteiger partial charge in [0.1, 0.15) is 12.3 Å². The molecular weight excluding hydrogens is 254 g/mol. The molecule has 0 aliphatic heterocycles. The van der Waals surface area contributed by atoms with Crippen LogP contribution in [0.1, 0.15) is 5.56 Å². The number of carbonyl (C=O) groups is 1. The van der Waals surface area contributed by atoms with E-state index in [1.54, 1.807) is 13.0 Å². The molecule has 0 aromatic heterocycles. The second-order valence-electron chi connectivity index (χ2n) is 3.71.